The molecule has 1 aromatic carbocycles. The molecule has 0 saturated carbocycles. The Bertz CT molecular complexity index is 321. The van der Waals surface area contributed by atoms with Crippen molar-refractivity contribution in [2.75, 3.05) is 0 Å². The number of hydrogen-bond donors (Lipinski definition) is 0. The van der Waals surface area contributed by atoms with Crippen LogP contribution in [0.1, 0.15) is 24.5 Å². The van der Waals surface area contributed by atoms with Crippen LogP contribution < -0.4 is 0 Å². The van der Waals surface area contributed by atoms with Crippen molar-refractivity contribution in [1.29, 1.82) is 0 Å². The van der Waals surface area contributed by atoms with Gasteiger partial charge in [-0.05, 0) is 25.0 Å². The van der Waals surface area contributed by atoms with E-state index in [0.29, 0.717) is 0 Å². The molecule has 1 aromatic rings. The monoisotopic (exact) mass is 179 g/mol. The van der Waals surface area contributed by atoms with Crippen LogP contribution in [0.5, 0.6) is 0 Å². The highest BCUT2D eigenvalue weighted by molar-refractivity contribution is 5.41. The Morgan fingerprint density at radius 2 is 2.15 bits per heavy atom. The first-order chi connectivity index (χ1) is 6.15. The Kier molecular flexibility index (Phi) is 3.01. The molecule has 0 amide bonds. The van der Waals surface area contributed by atoms with Crippen molar-refractivity contribution in [2.24, 2.45) is 0 Å². The van der Waals surface area contributed by atoms with Gasteiger partial charge >= 0.3 is 0 Å². The van der Waals surface area contributed by atoms with E-state index in [-0.39, 0.29) is 10.6 Å². The minimum atomic E-state index is -0.342. The van der Waals surface area contributed by atoms with Gasteiger partial charge < -0.3 is 0 Å². The maximum atomic E-state index is 10.5. The zero-order valence-electron chi connectivity index (χ0n) is 7.91. The van der Waals surface area contributed by atoms with E-state index in [4.69, 9.17) is 0 Å². The van der Waals surface area contributed by atoms with E-state index < -0.39 is 0 Å². The van der Waals surface area contributed by atoms with E-state index in [2.05, 4.69) is 6.92 Å². The van der Waals surface area contributed by atoms with Crippen LogP contribution in [0.4, 0.5) is 5.69 Å². The molecule has 0 bridgehead atoms. The van der Waals surface area contributed by atoms with Crippen LogP contribution in [0.25, 0.3) is 0 Å². The third-order valence-electron chi connectivity index (χ3n) is 2.00. The number of aryl methyl sites for hydroxylation is 2. The Morgan fingerprint density at radius 3 is 2.62 bits per heavy atom. The van der Waals surface area contributed by atoms with E-state index in [9.17, 15) is 10.1 Å². The molecule has 0 unspecified atom stereocenters. The molecule has 0 aliphatic heterocycles. The molecule has 0 fully saturated rings. The Morgan fingerprint density at radius 1 is 1.46 bits per heavy atom. The minimum absolute atomic E-state index is 0.208. The Hall–Kier alpha value is -1.38. The molecule has 3 heteroatoms. The molecule has 0 aromatic heterocycles. The molecule has 70 valence electrons. The number of benzene rings is 1. The van der Waals surface area contributed by atoms with Gasteiger partial charge in [-0.3, -0.25) is 10.1 Å². The summed E-state index contributed by atoms with van der Waals surface area (Å²) in [4.78, 5) is 10.2. The zero-order valence-corrected chi connectivity index (χ0v) is 7.91. The van der Waals surface area contributed by atoms with Crippen molar-refractivity contribution in [1.82, 2.24) is 0 Å². The van der Waals surface area contributed by atoms with Crippen LogP contribution in [-0.4, -0.2) is 4.92 Å². The van der Waals surface area contributed by atoms with Gasteiger partial charge in [0.15, 0.2) is 0 Å². The van der Waals surface area contributed by atoms with Crippen molar-refractivity contribution in [3.8, 4) is 0 Å². The molecular weight excluding hydrogens is 166 g/mol. The minimum Gasteiger partial charge on any atom is -0.258 e. The third-order valence-corrected chi connectivity index (χ3v) is 2.00. The molecule has 0 spiro atoms. The van der Waals surface area contributed by atoms with Gasteiger partial charge in [-0.2, -0.15) is 0 Å². The number of nitrogens with zero attached hydrogens (tertiary/aromatic N) is 1. The van der Waals surface area contributed by atoms with E-state index in [1.807, 2.05) is 12.1 Å². The van der Waals surface area contributed by atoms with Gasteiger partial charge in [-0.15, -0.1) is 0 Å². The first-order valence-electron chi connectivity index (χ1n) is 4.39. The first kappa shape index (κ1) is 9.71. The van der Waals surface area contributed by atoms with Crippen LogP contribution in [0.15, 0.2) is 18.2 Å². The molecule has 0 atom stereocenters. The molecule has 0 heterocycles. The number of hydrogen-bond acceptors (Lipinski definition) is 2. The van der Waals surface area contributed by atoms with Crippen LogP contribution >= 0.6 is 0 Å². The highest BCUT2D eigenvalue weighted by atomic mass is 16.6. The second kappa shape index (κ2) is 4.03. The van der Waals surface area contributed by atoms with Crippen LogP contribution in [0.2, 0.25) is 0 Å². The lowest BCUT2D eigenvalue weighted by molar-refractivity contribution is -0.385. The Balaban J connectivity index is 2.98. The first-order valence-corrected chi connectivity index (χ1v) is 4.39. The van der Waals surface area contributed by atoms with Crippen molar-refractivity contribution < 1.29 is 4.92 Å². The average molecular weight is 179 g/mol. The molecular formula is C10H13NO2. The molecule has 0 N–H and O–H groups in total. The van der Waals surface area contributed by atoms with Gasteiger partial charge in [0.25, 0.3) is 5.69 Å². The van der Waals surface area contributed by atoms with E-state index in [1.165, 1.54) is 5.56 Å². The highest BCUT2D eigenvalue weighted by Gasteiger charge is 2.09. The molecule has 1 rings (SSSR count). The summed E-state index contributed by atoms with van der Waals surface area (Å²) in [6.07, 6.45) is 2.05. The summed E-state index contributed by atoms with van der Waals surface area (Å²) in [5, 5.41) is 10.5. The molecule has 13 heavy (non-hydrogen) atoms. The van der Waals surface area contributed by atoms with Crippen LogP contribution in [0, 0.1) is 17.0 Å². The van der Waals surface area contributed by atoms with Crippen molar-refractivity contribution in [3.05, 3.63) is 39.4 Å². The summed E-state index contributed by atoms with van der Waals surface area (Å²) >= 11 is 0. The number of nitro benzene ring substituents is 1. The van der Waals surface area contributed by atoms with Crippen molar-refractivity contribution in [3.63, 3.8) is 0 Å². The summed E-state index contributed by atoms with van der Waals surface area (Å²) in [5.41, 5.74) is 2.13. The van der Waals surface area contributed by atoms with Crippen molar-refractivity contribution >= 4 is 5.69 Å². The molecule has 0 aliphatic rings. The predicted octanol–water partition coefficient (Wildman–Crippen LogP) is 2.86. The standard InChI is InChI=1S/C10H13NO2/c1-3-4-9-5-6-10(11(12)13)8(2)7-9/h5-7H,3-4H2,1-2H3. The van der Waals surface area contributed by atoms with Gasteiger partial charge in [-0.25, -0.2) is 0 Å². The lowest BCUT2D eigenvalue weighted by atomic mass is 10.1. The fraction of sp³-hybridized carbons (Fsp3) is 0.400. The van der Waals surface area contributed by atoms with Crippen LogP contribution in [-0.2, 0) is 6.42 Å². The highest BCUT2D eigenvalue weighted by Crippen LogP contribution is 2.19. The van der Waals surface area contributed by atoms with Gasteiger partial charge in [-0.1, -0.05) is 19.4 Å². The molecule has 0 saturated heterocycles. The Labute approximate surface area is 77.5 Å². The van der Waals surface area contributed by atoms with Crippen LogP contribution in [0.3, 0.4) is 0 Å². The predicted molar refractivity (Wildman–Crippen MR) is 51.8 cm³/mol. The molecule has 0 radical (unpaired) electrons. The largest absolute Gasteiger partial charge is 0.272 e. The molecule has 3 nitrogen and oxygen atoms in total. The van der Waals surface area contributed by atoms with Gasteiger partial charge in [0.1, 0.15) is 0 Å². The lowest BCUT2D eigenvalue weighted by Gasteiger charge is -2.00. The van der Waals surface area contributed by atoms with Gasteiger partial charge in [0.05, 0.1) is 4.92 Å². The van der Waals surface area contributed by atoms with Gasteiger partial charge in [0.2, 0.25) is 0 Å². The smallest absolute Gasteiger partial charge is 0.258 e. The van der Waals surface area contributed by atoms with Crippen molar-refractivity contribution in [2.45, 2.75) is 26.7 Å². The van der Waals surface area contributed by atoms with E-state index in [0.717, 1.165) is 18.4 Å². The van der Waals surface area contributed by atoms with Gasteiger partial charge in [0, 0.05) is 11.6 Å². The topological polar surface area (TPSA) is 43.1 Å². The summed E-state index contributed by atoms with van der Waals surface area (Å²) in [6.45, 7) is 3.87. The number of rotatable bonds is 3. The average Bonchev–Trinajstić information content (AvgIpc) is 2.04. The number of nitro groups is 1. The zero-order chi connectivity index (χ0) is 9.84. The fourth-order valence-corrected chi connectivity index (χ4v) is 1.37. The summed E-state index contributed by atoms with van der Waals surface area (Å²) in [7, 11) is 0. The maximum absolute atomic E-state index is 10.5. The summed E-state index contributed by atoms with van der Waals surface area (Å²) < 4.78 is 0. The second-order valence-electron chi connectivity index (χ2n) is 3.13. The second-order valence-corrected chi connectivity index (χ2v) is 3.13. The quantitative estimate of drug-likeness (QED) is 0.529. The van der Waals surface area contributed by atoms with E-state index >= 15 is 0 Å². The van der Waals surface area contributed by atoms with E-state index in [1.54, 1.807) is 13.0 Å². The lowest BCUT2D eigenvalue weighted by Crippen LogP contribution is -1.93. The summed E-state index contributed by atoms with van der Waals surface area (Å²) in [6, 6.07) is 5.30. The third kappa shape index (κ3) is 2.28. The molecule has 0 aliphatic carbocycles. The maximum Gasteiger partial charge on any atom is 0.272 e. The summed E-state index contributed by atoms with van der Waals surface area (Å²) in [5.74, 6) is 0. The SMILES string of the molecule is CCCc1ccc([N+](=O)[O-])c(C)c1. The fourth-order valence-electron chi connectivity index (χ4n) is 1.37. The normalized spacial score (nSPS) is 10.0.